The number of amides is 1. The second kappa shape index (κ2) is 5.82. The van der Waals surface area contributed by atoms with E-state index in [1.807, 2.05) is 4.90 Å². The molecular weight excluding hydrogens is 230 g/mol. The van der Waals surface area contributed by atoms with Gasteiger partial charge < -0.3 is 14.5 Å². The van der Waals surface area contributed by atoms with Crippen molar-refractivity contribution in [2.24, 2.45) is 0 Å². The first kappa shape index (κ1) is 12.8. The first-order chi connectivity index (χ1) is 8.74. The van der Waals surface area contributed by atoms with Crippen LogP contribution in [0.2, 0.25) is 0 Å². The Morgan fingerprint density at radius 3 is 2.72 bits per heavy atom. The van der Waals surface area contributed by atoms with Crippen molar-refractivity contribution < 1.29 is 9.53 Å². The maximum atomic E-state index is 12.3. The molecule has 5 heteroatoms. The van der Waals surface area contributed by atoms with Crippen molar-refractivity contribution in [1.29, 1.82) is 0 Å². The highest BCUT2D eigenvalue weighted by Gasteiger charge is 2.21. The molecule has 0 atom stereocenters. The predicted molar refractivity (Wildman–Crippen MR) is 68.8 cm³/mol. The Morgan fingerprint density at radius 1 is 1.39 bits per heavy atom. The first-order valence-corrected chi connectivity index (χ1v) is 6.26. The molecule has 2 rings (SSSR count). The molecule has 1 aromatic heterocycles. The van der Waals surface area contributed by atoms with Crippen LogP contribution in [0.3, 0.4) is 0 Å². The highest BCUT2D eigenvalue weighted by molar-refractivity contribution is 5.94. The number of hydrogen-bond acceptors (Lipinski definition) is 4. The van der Waals surface area contributed by atoms with Crippen molar-refractivity contribution in [2.45, 2.75) is 6.92 Å². The molecule has 98 valence electrons. The monoisotopic (exact) mass is 249 g/mol. The Morgan fingerprint density at radius 2 is 2.11 bits per heavy atom. The average Bonchev–Trinajstić information content (AvgIpc) is 2.46. The molecule has 1 amide bonds. The van der Waals surface area contributed by atoms with Gasteiger partial charge in [0.05, 0.1) is 7.11 Å². The van der Waals surface area contributed by atoms with Crippen molar-refractivity contribution >= 4 is 5.91 Å². The summed E-state index contributed by atoms with van der Waals surface area (Å²) in [6.45, 7) is 6.67. The molecule has 1 aliphatic heterocycles. The predicted octanol–water partition coefficient (Wildman–Crippen LogP) is 0.868. The Kier molecular flexibility index (Phi) is 4.15. The van der Waals surface area contributed by atoms with Crippen molar-refractivity contribution in [3.63, 3.8) is 0 Å². The second-order valence-electron chi connectivity index (χ2n) is 4.31. The smallest absolute Gasteiger partial charge is 0.254 e. The number of carbonyl (C=O) groups excluding carboxylic acids is 1. The van der Waals surface area contributed by atoms with Crippen LogP contribution in [0.25, 0.3) is 0 Å². The minimum Gasteiger partial charge on any atom is -0.481 e. The lowest BCUT2D eigenvalue weighted by molar-refractivity contribution is 0.0643. The third kappa shape index (κ3) is 2.79. The zero-order valence-electron chi connectivity index (χ0n) is 10.9. The summed E-state index contributed by atoms with van der Waals surface area (Å²) in [5.74, 6) is 0.541. The number of ether oxygens (including phenoxy) is 1. The number of methoxy groups -OCH3 is 1. The van der Waals surface area contributed by atoms with E-state index < -0.39 is 0 Å². The van der Waals surface area contributed by atoms with Crippen molar-refractivity contribution in [3.8, 4) is 5.88 Å². The normalized spacial score (nSPS) is 16.7. The van der Waals surface area contributed by atoms with Crippen LogP contribution < -0.4 is 4.74 Å². The summed E-state index contributed by atoms with van der Waals surface area (Å²) < 4.78 is 5.04. The summed E-state index contributed by atoms with van der Waals surface area (Å²) >= 11 is 0. The van der Waals surface area contributed by atoms with Crippen molar-refractivity contribution in [3.05, 3.63) is 23.9 Å². The first-order valence-electron chi connectivity index (χ1n) is 6.26. The van der Waals surface area contributed by atoms with Gasteiger partial charge >= 0.3 is 0 Å². The van der Waals surface area contributed by atoms with E-state index in [1.54, 1.807) is 25.4 Å². The van der Waals surface area contributed by atoms with Crippen LogP contribution in [0.4, 0.5) is 0 Å². The molecule has 0 N–H and O–H groups in total. The number of likely N-dealkylation sites (N-methyl/N-ethyl adjacent to an activating group) is 1. The van der Waals surface area contributed by atoms with Gasteiger partial charge in [0.1, 0.15) is 0 Å². The molecule has 18 heavy (non-hydrogen) atoms. The Balaban J connectivity index is 2.03. The minimum absolute atomic E-state index is 0.0615. The molecule has 1 saturated heterocycles. The Labute approximate surface area is 107 Å². The van der Waals surface area contributed by atoms with Crippen LogP contribution in [0.15, 0.2) is 18.3 Å². The number of pyridine rings is 1. The summed E-state index contributed by atoms with van der Waals surface area (Å²) in [6, 6.07) is 3.42. The number of rotatable bonds is 3. The number of hydrogen-bond donors (Lipinski definition) is 0. The van der Waals surface area contributed by atoms with E-state index in [1.165, 1.54) is 0 Å². The zero-order chi connectivity index (χ0) is 13.0. The highest BCUT2D eigenvalue weighted by atomic mass is 16.5. The zero-order valence-corrected chi connectivity index (χ0v) is 10.9. The van der Waals surface area contributed by atoms with Gasteiger partial charge in [-0.25, -0.2) is 4.98 Å². The van der Waals surface area contributed by atoms with Crippen LogP contribution in [0.1, 0.15) is 17.3 Å². The lowest BCUT2D eigenvalue weighted by Gasteiger charge is -2.34. The molecule has 0 aromatic carbocycles. The van der Waals surface area contributed by atoms with E-state index in [-0.39, 0.29) is 5.91 Å². The molecule has 5 nitrogen and oxygen atoms in total. The van der Waals surface area contributed by atoms with Gasteiger partial charge in [-0.2, -0.15) is 0 Å². The van der Waals surface area contributed by atoms with E-state index in [0.717, 1.165) is 32.7 Å². The maximum Gasteiger partial charge on any atom is 0.254 e. The van der Waals surface area contributed by atoms with Crippen LogP contribution in [-0.2, 0) is 0 Å². The third-order valence-corrected chi connectivity index (χ3v) is 3.30. The van der Waals surface area contributed by atoms with E-state index in [4.69, 9.17) is 4.74 Å². The second-order valence-corrected chi connectivity index (χ2v) is 4.31. The molecule has 0 saturated carbocycles. The van der Waals surface area contributed by atoms with E-state index >= 15 is 0 Å². The molecule has 0 spiro atoms. The van der Waals surface area contributed by atoms with Gasteiger partial charge in [0.2, 0.25) is 5.88 Å². The number of carbonyl (C=O) groups is 1. The SMILES string of the molecule is CCN1CCN(C(=O)c2ccnc(OC)c2)CC1. The number of nitrogens with zero attached hydrogens (tertiary/aromatic N) is 3. The summed E-state index contributed by atoms with van der Waals surface area (Å²) in [6.07, 6.45) is 1.61. The van der Waals surface area contributed by atoms with Gasteiger partial charge in [0.15, 0.2) is 0 Å². The minimum atomic E-state index is 0.0615. The van der Waals surface area contributed by atoms with Gasteiger partial charge in [0.25, 0.3) is 5.91 Å². The lowest BCUT2D eigenvalue weighted by atomic mass is 10.2. The summed E-state index contributed by atoms with van der Waals surface area (Å²) in [7, 11) is 1.55. The fourth-order valence-electron chi connectivity index (χ4n) is 2.10. The standard InChI is InChI=1S/C13H19N3O2/c1-3-15-6-8-16(9-7-15)13(17)11-4-5-14-12(10-11)18-2/h4-5,10H,3,6-9H2,1-2H3. The molecule has 1 aliphatic rings. The molecule has 2 heterocycles. The quantitative estimate of drug-likeness (QED) is 0.797. The van der Waals surface area contributed by atoms with Crippen LogP contribution in [-0.4, -0.2) is 60.5 Å². The third-order valence-electron chi connectivity index (χ3n) is 3.30. The van der Waals surface area contributed by atoms with Gasteiger partial charge in [0, 0.05) is 44.0 Å². The van der Waals surface area contributed by atoms with Crippen molar-refractivity contribution in [1.82, 2.24) is 14.8 Å². The van der Waals surface area contributed by atoms with Gasteiger partial charge in [-0.1, -0.05) is 6.92 Å². The number of aromatic nitrogens is 1. The van der Waals surface area contributed by atoms with Crippen LogP contribution in [0, 0.1) is 0 Å². The molecule has 1 fully saturated rings. The van der Waals surface area contributed by atoms with Crippen molar-refractivity contribution in [2.75, 3.05) is 39.8 Å². The fraction of sp³-hybridized carbons (Fsp3) is 0.538. The number of piperazine rings is 1. The summed E-state index contributed by atoms with van der Waals surface area (Å²) in [5.41, 5.74) is 0.645. The topological polar surface area (TPSA) is 45.7 Å². The molecule has 1 aromatic rings. The molecular formula is C13H19N3O2. The molecule has 0 unspecified atom stereocenters. The van der Waals surface area contributed by atoms with E-state index in [2.05, 4.69) is 16.8 Å². The van der Waals surface area contributed by atoms with Gasteiger partial charge in [-0.3, -0.25) is 4.79 Å². The van der Waals surface area contributed by atoms with Gasteiger partial charge in [-0.15, -0.1) is 0 Å². The fourth-order valence-corrected chi connectivity index (χ4v) is 2.10. The highest BCUT2D eigenvalue weighted by Crippen LogP contribution is 2.12. The maximum absolute atomic E-state index is 12.3. The molecule has 0 aliphatic carbocycles. The Bertz CT molecular complexity index is 414. The summed E-state index contributed by atoms with van der Waals surface area (Å²) in [5, 5.41) is 0. The lowest BCUT2D eigenvalue weighted by Crippen LogP contribution is -2.48. The molecule has 0 radical (unpaired) electrons. The van der Waals surface area contributed by atoms with Crippen LogP contribution in [0.5, 0.6) is 5.88 Å². The van der Waals surface area contributed by atoms with E-state index in [9.17, 15) is 4.79 Å². The molecule has 0 bridgehead atoms. The summed E-state index contributed by atoms with van der Waals surface area (Å²) in [4.78, 5) is 20.5. The average molecular weight is 249 g/mol. The largest absolute Gasteiger partial charge is 0.481 e. The van der Waals surface area contributed by atoms with Gasteiger partial charge in [-0.05, 0) is 12.6 Å². The van der Waals surface area contributed by atoms with Crippen LogP contribution >= 0.6 is 0 Å². The Hall–Kier alpha value is -1.62. The van der Waals surface area contributed by atoms with E-state index in [0.29, 0.717) is 11.4 Å².